The number of aromatic nitrogens is 2. The van der Waals surface area contributed by atoms with E-state index in [1.54, 1.807) is 0 Å². The number of likely N-dealkylation sites (N-methyl/N-ethyl adjacent to an activating group) is 1. The van der Waals surface area contributed by atoms with E-state index >= 15 is 0 Å². The first-order chi connectivity index (χ1) is 12.2. The Kier molecular flexibility index (Phi) is 4.63. The Hall–Kier alpha value is -1.69. The molecule has 1 aromatic heterocycles. The van der Waals surface area contributed by atoms with Gasteiger partial charge in [-0.3, -0.25) is 4.79 Å². The highest BCUT2D eigenvalue weighted by Gasteiger charge is 2.33. The fourth-order valence-corrected chi connectivity index (χ4v) is 4.16. The molecule has 0 bridgehead atoms. The first kappa shape index (κ1) is 16.8. The maximum atomic E-state index is 12.7. The molecule has 0 radical (unpaired) electrons. The molecule has 0 unspecified atom stereocenters. The average Bonchev–Trinajstić information content (AvgIpc) is 2.59. The van der Waals surface area contributed by atoms with Crippen molar-refractivity contribution in [1.29, 1.82) is 0 Å². The predicted octanol–water partition coefficient (Wildman–Crippen LogP) is 1.61. The molecule has 1 aliphatic carbocycles. The van der Waals surface area contributed by atoms with Crippen LogP contribution in [0.4, 0.5) is 5.82 Å². The lowest BCUT2D eigenvalue weighted by Crippen LogP contribution is -2.48. The molecule has 6 heteroatoms. The quantitative estimate of drug-likeness (QED) is 0.835. The number of carbonyl (C=O) groups is 1. The molecule has 25 heavy (non-hydrogen) atoms. The van der Waals surface area contributed by atoms with Crippen molar-refractivity contribution >= 4 is 11.7 Å². The van der Waals surface area contributed by atoms with Gasteiger partial charge < -0.3 is 14.7 Å². The van der Waals surface area contributed by atoms with E-state index in [0.717, 1.165) is 75.9 Å². The number of aryl methyl sites for hydroxylation is 1. The van der Waals surface area contributed by atoms with Crippen molar-refractivity contribution in [2.24, 2.45) is 5.92 Å². The molecular formula is C19H29N5O. The van der Waals surface area contributed by atoms with E-state index in [0.29, 0.717) is 12.5 Å². The van der Waals surface area contributed by atoms with Gasteiger partial charge >= 0.3 is 0 Å². The molecule has 2 fully saturated rings. The molecule has 2 aliphatic heterocycles. The molecule has 1 saturated carbocycles. The maximum Gasteiger partial charge on any atom is 0.225 e. The van der Waals surface area contributed by atoms with Gasteiger partial charge in [-0.25, -0.2) is 9.97 Å². The van der Waals surface area contributed by atoms with Gasteiger partial charge in [0.1, 0.15) is 11.6 Å². The molecule has 0 atom stereocenters. The Morgan fingerprint density at radius 2 is 1.88 bits per heavy atom. The van der Waals surface area contributed by atoms with E-state index < -0.39 is 0 Å². The fraction of sp³-hybridized carbons (Fsp3) is 0.737. The predicted molar refractivity (Wildman–Crippen MR) is 97.6 cm³/mol. The Morgan fingerprint density at radius 3 is 2.52 bits per heavy atom. The molecule has 136 valence electrons. The second kappa shape index (κ2) is 6.90. The van der Waals surface area contributed by atoms with E-state index in [9.17, 15) is 4.79 Å². The van der Waals surface area contributed by atoms with Gasteiger partial charge in [0, 0.05) is 50.6 Å². The second-order valence-electron chi connectivity index (χ2n) is 7.58. The highest BCUT2D eigenvalue weighted by atomic mass is 16.2. The van der Waals surface area contributed by atoms with Crippen molar-refractivity contribution in [3.05, 3.63) is 17.1 Å². The first-order valence-corrected chi connectivity index (χ1v) is 9.78. The van der Waals surface area contributed by atoms with E-state index in [2.05, 4.69) is 26.6 Å². The van der Waals surface area contributed by atoms with Crippen LogP contribution in [0.5, 0.6) is 0 Å². The molecule has 6 nitrogen and oxygen atoms in total. The van der Waals surface area contributed by atoms with Crippen LogP contribution in [-0.4, -0.2) is 64.9 Å². The third-order valence-corrected chi connectivity index (χ3v) is 6.04. The minimum absolute atomic E-state index is 0.268. The van der Waals surface area contributed by atoms with Crippen LogP contribution in [0.25, 0.3) is 0 Å². The van der Waals surface area contributed by atoms with E-state index in [1.807, 2.05) is 6.92 Å². The lowest BCUT2D eigenvalue weighted by molar-refractivity contribution is -0.139. The Balaban J connectivity index is 1.56. The van der Waals surface area contributed by atoms with Crippen LogP contribution in [0.2, 0.25) is 0 Å². The molecule has 0 aromatic carbocycles. The van der Waals surface area contributed by atoms with Gasteiger partial charge in [0.25, 0.3) is 0 Å². The monoisotopic (exact) mass is 343 g/mol. The third-order valence-electron chi connectivity index (χ3n) is 6.04. The van der Waals surface area contributed by atoms with Gasteiger partial charge in [-0.2, -0.15) is 0 Å². The van der Waals surface area contributed by atoms with Crippen molar-refractivity contribution in [1.82, 2.24) is 19.8 Å². The Morgan fingerprint density at radius 1 is 1.12 bits per heavy atom. The third kappa shape index (κ3) is 3.24. The van der Waals surface area contributed by atoms with Crippen LogP contribution < -0.4 is 4.90 Å². The number of piperazine rings is 1. The van der Waals surface area contributed by atoms with Gasteiger partial charge in [-0.05, 0) is 26.3 Å². The average molecular weight is 343 g/mol. The van der Waals surface area contributed by atoms with E-state index in [1.165, 1.54) is 12.0 Å². The van der Waals surface area contributed by atoms with E-state index in [4.69, 9.17) is 4.98 Å². The highest BCUT2D eigenvalue weighted by Crippen LogP contribution is 2.32. The van der Waals surface area contributed by atoms with Crippen molar-refractivity contribution < 1.29 is 4.79 Å². The van der Waals surface area contributed by atoms with Crippen LogP contribution in [-0.2, 0) is 17.8 Å². The van der Waals surface area contributed by atoms with Crippen LogP contribution in [0.3, 0.4) is 0 Å². The number of rotatable bonds is 3. The summed E-state index contributed by atoms with van der Waals surface area (Å²) < 4.78 is 0. The van der Waals surface area contributed by atoms with Gasteiger partial charge in [0.2, 0.25) is 5.91 Å². The highest BCUT2D eigenvalue weighted by molar-refractivity contribution is 5.80. The van der Waals surface area contributed by atoms with Crippen LogP contribution in [0, 0.1) is 12.8 Å². The first-order valence-electron chi connectivity index (χ1n) is 9.78. The number of fused-ring (bicyclic) bond motifs is 1. The number of hydrogen-bond acceptors (Lipinski definition) is 5. The lowest BCUT2D eigenvalue weighted by Gasteiger charge is -2.39. The summed E-state index contributed by atoms with van der Waals surface area (Å²) in [4.78, 5) is 29.1. The molecule has 1 aromatic rings. The van der Waals surface area contributed by atoms with E-state index in [-0.39, 0.29) is 5.92 Å². The lowest BCUT2D eigenvalue weighted by atomic mass is 9.84. The molecule has 3 heterocycles. The zero-order valence-electron chi connectivity index (χ0n) is 15.5. The van der Waals surface area contributed by atoms with Crippen molar-refractivity contribution in [3.63, 3.8) is 0 Å². The Labute approximate surface area is 150 Å². The van der Waals surface area contributed by atoms with Gasteiger partial charge in [-0.1, -0.05) is 13.3 Å². The standard InChI is InChI=1S/C19H29N5O/c1-3-22-9-11-23(12-10-22)18-16-13-24(19(25)15-5-4-6-15)8-7-17(16)20-14(2)21-18/h15H,3-13H2,1-2H3. The largest absolute Gasteiger partial charge is 0.354 e. The summed E-state index contributed by atoms with van der Waals surface area (Å²) in [5.41, 5.74) is 2.34. The molecule has 3 aliphatic rings. The van der Waals surface area contributed by atoms with Crippen molar-refractivity contribution in [2.45, 2.75) is 46.1 Å². The SMILES string of the molecule is CCN1CCN(c2nc(C)nc3c2CN(C(=O)C2CCC2)CC3)CC1. The fourth-order valence-electron chi connectivity index (χ4n) is 4.16. The summed E-state index contributed by atoms with van der Waals surface area (Å²) in [6.45, 7) is 11.0. The van der Waals surface area contributed by atoms with Gasteiger partial charge in [0.15, 0.2) is 0 Å². The summed E-state index contributed by atoms with van der Waals surface area (Å²) in [5, 5.41) is 0. The minimum Gasteiger partial charge on any atom is -0.354 e. The van der Waals surface area contributed by atoms with Crippen molar-refractivity contribution in [2.75, 3.05) is 44.2 Å². The molecule has 1 amide bonds. The number of amides is 1. The van der Waals surface area contributed by atoms with Gasteiger partial charge in [0.05, 0.1) is 12.2 Å². The molecule has 4 rings (SSSR count). The molecule has 0 N–H and O–H groups in total. The van der Waals surface area contributed by atoms with Crippen molar-refractivity contribution in [3.8, 4) is 0 Å². The summed E-state index contributed by atoms with van der Waals surface area (Å²) >= 11 is 0. The summed E-state index contributed by atoms with van der Waals surface area (Å²) in [6, 6.07) is 0. The zero-order chi connectivity index (χ0) is 17.4. The van der Waals surface area contributed by atoms with Gasteiger partial charge in [-0.15, -0.1) is 0 Å². The number of nitrogens with zero attached hydrogens (tertiary/aromatic N) is 5. The summed E-state index contributed by atoms with van der Waals surface area (Å²) in [7, 11) is 0. The smallest absolute Gasteiger partial charge is 0.225 e. The topological polar surface area (TPSA) is 52.6 Å². The maximum absolute atomic E-state index is 12.7. The second-order valence-corrected chi connectivity index (χ2v) is 7.58. The summed E-state index contributed by atoms with van der Waals surface area (Å²) in [6.07, 6.45) is 4.20. The van der Waals surface area contributed by atoms with Crippen LogP contribution in [0.1, 0.15) is 43.3 Å². The van der Waals surface area contributed by atoms with Crippen LogP contribution >= 0.6 is 0 Å². The number of hydrogen-bond donors (Lipinski definition) is 0. The number of carbonyl (C=O) groups excluding carboxylic acids is 1. The van der Waals surface area contributed by atoms with Crippen LogP contribution in [0.15, 0.2) is 0 Å². The molecule has 1 saturated heterocycles. The Bertz CT molecular complexity index is 649. The number of anilines is 1. The normalized spacial score (nSPS) is 21.8. The summed E-state index contributed by atoms with van der Waals surface area (Å²) in [5.74, 6) is 2.54. The minimum atomic E-state index is 0.268. The molecular weight excluding hydrogens is 314 g/mol. The molecule has 0 spiro atoms. The zero-order valence-corrected chi connectivity index (χ0v) is 15.5.